The van der Waals surface area contributed by atoms with Crippen molar-refractivity contribution in [2.45, 2.75) is 6.54 Å². The van der Waals surface area contributed by atoms with E-state index in [1.54, 1.807) is 12.1 Å². The van der Waals surface area contributed by atoms with E-state index in [0.717, 1.165) is 29.7 Å². The highest BCUT2D eigenvalue weighted by molar-refractivity contribution is 9.10. The minimum atomic E-state index is -0.211. The van der Waals surface area contributed by atoms with Crippen LogP contribution in [0.15, 0.2) is 46.9 Å². The zero-order valence-corrected chi connectivity index (χ0v) is 18.0. The lowest BCUT2D eigenvalue weighted by Gasteiger charge is -2.36. The van der Waals surface area contributed by atoms with E-state index < -0.39 is 0 Å². The summed E-state index contributed by atoms with van der Waals surface area (Å²) in [6.07, 6.45) is 0. The molecule has 2 aromatic rings. The average Bonchev–Trinajstić information content (AvgIpc) is 2.76. The summed E-state index contributed by atoms with van der Waals surface area (Å²) in [5.74, 6) is 0.332. The van der Waals surface area contributed by atoms with Crippen molar-refractivity contribution < 1.29 is 14.3 Å². The van der Waals surface area contributed by atoms with Gasteiger partial charge < -0.3 is 9.64 Å². The van der Waals surface area contributed by atoms with E-state index in [0.29, 0.717) is 30.1 Å². The van der Waals surface area contributed by atoms with Crippen LogP contribution in [0.1, 0.15) is 11.1 Å². The SMILES string of the molecule is N#Cc1ccc(CN2CCN(C(=O)CN3C(=O)COc4cc(Br)ccc43)CC2)cc1. The van der Waals surface area contributed by atoms with Crippen molar-refractivity contribution >= 4 is 33.4 Å². The second kappa shape index (κ2) is 8.86. The maximum atomic E-state index is 12.9. The van der Waals surface area contributed by atoms with Gasteiger partial charge in [0.05, 0.1) is 17.3 Å². The molecule has 30 heavy (non-hydrogen) atoms. The molecule has 2 heterocycles. The van der Waals surface area contributed by atoms with Gasteiger partial charge in [0, 0.05) is 37.2 Å². The largest absolute Gasteiger partial charge is 0.482 e. The second-order valence-corrected chi connectivity index (χ2v) is 8.26. The number of anilines is 1. The third-order valence-corrected chi connectivity index (χ3v) is 5.87. The molecule has 0 atom stereocenters. The summed E-state index contributed by atoms with van der Waals surface area (Å²) < 4.78 is 6.35. The Morgan fingerprint density at radius 2 is 1.83 bits per heavy atom. The van der Waals surface area contributed by atoms with Crippen molar-refractivity contribution in [2.75, 3.05) is 44.2 Å². The van der Waals surface area contributed by atoms with E-state index in [1.807, 2.05) is 35.2 Å². The van der Waals surface area contributed by atoms with Crippen LogP contribution in [-0.2, 0) is 16.1 Å². The lowest BCUT2D eigenvalue weighted by atomic mass is 10.1. The Hall–Kier alpha value is -2.89. The fraction of sp³-hybridized carbons (Fsp3) is 0.318. The number of rotatable bonds is 4. The van der Waals surface area contributed by atoms with E-state index >= 15 is 0 Å². The highest BCUT2D eigenvalue weighted by atomic mass is 79.9. The van der Waals surface area contributed by atoms with Crippen LogP contribution in [0.2, 0.25) is 0 Å². The minimum Gasteiger partial charge on any atom is -0.482 e. The molecule has 2 aliphatic heterocycles. The number of fused-ring (bicyclic) bond motifs is 1. The summed E-state index contributed by atoms with van der Waals surface area (Å²) in [6, 6.07) is 15.1. The number of hydrogen-bond donors (Lipinski definition) is 0. The number of carbonyl (C=O) groups excluding carboxylic acids is 2. The molecule has 7 nitrogen and oxygen atoms in total. The number of nitrogens with zero attached hydrogens (tertiary/aromatic N) is 4. The minimum absolute atomic E-state index is 0.0203. The topological polar surface area (TPSA) is 76.9 Å². The first-order valence-electron chi connectivity index (χ1n) is 9.75. The molecule has 2 aromatic carbocycles. The summed E-state index contributed by atoms with van der Waals surface area (Å²) >= 11 is 3.40. The molecule has 154 valence electrons. The number of piperazine rings is 1. The third-order valence-electron chi connectivity index (χ3n) is 5.37. The Kier molecular flexibility index (Phi) is 6.02. The Bertz CT molecular complexity index is 994. The number of carbonyl (C=O) groups is 2. The average molecular weight is 469 g/mol. The van der Waals surface area contributed by atoms with Gasteiger partial charge in [-0.25, -0.2) is 0 Å². The van der Waals surface area contributed by atoms with Gasteiger partial charge >= 0.3 is 0 Å². The molecule has 0 unspecified atom stereocenters. The van der Waals surface area contributed by atoms with Crippen LogP contribution in [0.5, 0.6) is 5.75 Å². The monoisotopic (exact) mass is 468 g/mol. The van der Waals surface area contributed by atoms with E-state index in [1.165, 1.54) is 4.90 Å². The fourth-order valence-electron chi connectivity index (χ4n) is 3.69. The molecule has 2 aliphatic rings. The number of halogens is 1. The van der Waals surface area contributed by atoms with Crippen molar-refractivity contribution in [3.05, 3.63) is 58.1 Å². The molecule has 0 radical (unpaired) electrons. The summed E-state index contributed by atoms with van der Waals surface area (Å²) in [6.45, 7) is 3.54. The van der Waals surface area contributed by atoms with Crippen LogP contribution in [0.4, 0.5) is 5.69 Å². The lowest BCUT2D eigenvalue weighted by Crippen LogP contribution is -2.52. The second-order valence-electron chi connectivity index (χ2n) is 7.35. The van der Waals surface area contributed by atoms with E-state index in [4.69, 9.17) is 10.00 Å². The number of benzene rings is 2. The first-order chi connectivity index (χ1) is 14.5. The molecule has 8 heteroatoms. The Balaban J connectivity index is 1.33. The van der Waals surface area contributed by atoms with Gasteiger partial charge in [-0.2, -0.15) is 5.26 Å². The quantitative estimate of drug-likeness (QED) is 0.688. The standard InChI is InChI=1S/C22H21BrN4O3/c23-18-5-6-19-20(11-18)30-15-22(29)27(19)14-21(28)26-9-7-25(8-10-26)13-17-3-1-16(12-24)2-4-17/h1-6,11H,7-10,13-15H2. The highest BCUT2D eigenvalue weighted by Gasteiger charge is 2.30. The Morgan fingerprint density at radius 1 is 1.10 bits per heavy atom. The zero-order valence-electron chi connectivity index (χ0n) is 16.4. The summed E-state index contributed by atoms with van der Waals surface area (Å²) in [5, 5.41) is 8.90. The molecule has 2 amide bonds. The molecule has 0 aromatic heterocycles. The lowest BCUT2D eigenvalue weighted by molar-refractivity contribution is -0.133. The van der Waals surface area contributed by atoms with Crippen LogP contribution in [0.3, 0.4) is 0 Å². The molecule has 0 N–H and O–H groups in total. The Morgan fingerprint density at radius 3 is 2.53 bits per heavy atom. The van der Waals surface area contributed by atoms with E-state index in [9.17, 15) is 9.59 Å². The van der Waals surface area contributed by atoms with Crippen LogP contribution >= 0.6 is 15.9 Å². The third kappa shape index (κ3) is 4.48. The molecular formula is C22H21BrN4O3. The highest BCUT2D eigenvalue weighted by Crippen LogP contribution is 2.34. The molecule has 4 rings (SSSR count). The fourth-order valence-corrected chi connectivity index (χ4v) is 4.03. The number of nitriles is 1. The van der Waals surface area contributed by atoms with E-state index in [2.05, 4.69) is 26.9 Å². The molecular weight excluding hydrogens is 448 g/mol. The normalized spacial score (nSPS) is 16.6. The number of amides is 2. The van der Waals surface area contributed by atoms with Gasteiger partial charge in [-0.05, 0) is 35.9 Å². The summed E-state index contributed by atoms with van der Waals surface area (Å²) in [4.78, 5) is 30.8. The molecule has 1 saturated heterocycles. The van der Waals surface area contributed by atoms with Crippen LogP contribution in [-0.4, -0.2) is 60.9 Å². The predicted molar refractivity (Wildman–Crippen MR) is 115 cm³/mol. The maximum absolute atomic E-state index is 12.9. The summed E-state index contributed by atoms with van der Waals surface area (Å²) in [7, 11) is 0. The van der Waals surface area contributed by atoms with Gasteiger partial charge in [-0.1, -0.05) is 28.1 Å². The van der Waals surface area contributed by atoms with Crippen LogP contribution in [0.25, 0.3) is 0 Å². The van der Waals surface area contributed by atoms with Crippen molar-refractivity contribution in [1.29, 1.82) is 5.26 Å². The zero-order chi connectivity index (χ0) is 21.1. The maximum Gasteiger partial charge on any atom is 0.265 e. The molecule has 0 bridgehead atoms. The van der Waals surface area contributed by atoms with E-state index in [-0.39, 0.29) is 25.0 Å². The molecule has 0 saturated carbocycles. The molecule has 0 aliphatic carbocycles. The van der Waals surface area contributed by atoms with Gasteiger partial charge in [0.25, 0.3) is 5.91 Å². The Labute approximate surface area is 183 Å². The van der Waals surface area contributed by atoms with Gasteiger partial charge in [0.1, 0.15) is 12.3 Å². The summed E-state index contributed by atoms with van der Waals surface area (Å²) in [5.41, 5.74) is 2.43. The molecule has 1 fully saturated rings. The van der Waals surface area contributed by atoms with Gasteiger partial charge in [-0.15, -0.1) is 0 Å². The van der Waals surface area contributed by atoms with Gasteiger partial charge in [0.15, 0.2) is 6.61 Å². The van der Waals surface area contributed by atoms with Crippen molar-refractivity contribution in [2.24, 2.45) is 0 Å². The van der Waals surface area contributed by atoms with Crippen molar-refractivity contribution in [3.63, 3.8) is 0 Å². The number of ether oxygens (including phenoxy) is 1. The van der Waals surface area contributed by atoms with Gasteiger partial charge in [0.2, 0.25) is 5.91 Å². The van der Waals surface area contributed by atoms with Gasteiger partial charge in [-0.3, -0.25) is 19.4 Å². The van der Waals surface area contributed by atoms with Crippen LogP contribution < -0.4 is 9.64 Å². The molecule has 0 spiro atoms. The first-order valence-corrected chi connectivity index (χ1v) is 10.5. The van der Waals surface area contributed by atoms with Crippen LogP contribution in [0, 0.1) is 11.3 Å². The number of hydrogen-bond acceptors (Lipinski definition) is 5. The predicted octanol–water partition coefficient (Wildman–Crippen LogP) is 2.39. The van der Waals surface area contributed by atoms with Crippen molar-refractivity contribution in [3.8, 4) is 11.8 Å². The van der Waals surface area contributed by atoms with Crippen molar-refractivity contribution in [1.82, 2.24) is 9.80 Å². The first kappa shape index (κ1) is 20.4. The smallest absolute Gasteiger partial charge is 0.265 e.